The van der Waals surface area contributed by atoms with Crippen molar-refractivity contribution in [1.82, 2.24) is 4.72 Å². The van der Waals surface area contributed by atoms with Crippen molar-refractivity contribution in [2.45, 2.75) is 21.0 Å². The number of hydrogen-bond donors (Lipinski definition) is 2. The Morgan fingerprint density at radius 1 is 0.935 bits per heavy atom. The average molecular weight is 466 g/mol. The Bertz CT molecular complexity index is 1140. The minimum Gasteiger partial charge on any atom is -0.406 e. The van der Waals surface area contributed by atoms with Crippen molar-refractivity contribution in [3.05, 3.63) is 72.8 Å². The van der Waals surface area contributed by atoms with Crippen LogP contribution >= 0.6 is 11.8 Å². The van der Waals surface area contributed by atoms with Gasteiger partial charge in [-0.1, -0.05) is 36.0 Å². The smallest absolute Gasteiger partial charge is 0.406 e. The zero-order valence-electron chi connectivity index (χ0n) is 16.1. The van der Waals surface area contributed by atoms with E-state index in [1.807, 2.05) is 48.5 Å². The molecule has 0 spiro atoms. The number of ether oxygens (including phenoxy) is 1. The second-order valence-electron chi connectivity index (χ2n) is 6.66. The molecule has 162 valence electrons. The molecule has 0 aliphatic carbocycles. The molecule has 0 amide bonds. The molecule has 5 nitrogen and oxygen atoms in total. The summed E-state index contributed by atoms with van der Waals surface area (Å²) in [6.45, 7) is 0.691. The SMILES string of the molecule is N=S(=O)(NCCN1c2ccccc2Sc2ccccc21)c1ccc(OC(F)(F)F)cc1. The van der Waals surface area contributed by atoms with Gasteiger partial charge in [0.1, 0.15) is 15.7 Å². The zero-order valence-corrected chi connectivity index (χ0v) is 17.7. The first kappa shape index (κ1) is 21.5. The summed E-state index contributed by atoms with van der Waals surface area (Å²) in [5.74, 6) is -0.425. The zero-order chi connectivity index (χ0) is 22.1. The Kier molecular flexibility index (Phi) is 5.87. The highest BCUT2D eigenvalue weighted by atomic mass is 32.2. The lowest BCUT2D eigenvalue weighted by atomic mass is 10.2. The number of anilines is 2. The van der Waals surface area contributed by atoms with Gasteiger partial charge in [0.15, 0.2) is 0 Å². The normalized spacial score (nSPS) is 15.0. The quantitative estimate of drug-likeness (QED) is 0.483. The highest BCUT2D eigenvalue weighted by Gasteiger charge is 2.31. The third kappa shape index (κ3) is 4.97. The average Bonchev–Trinajstić information content (AvgIpc) is 2.72. The maximum Gasteiger partial charge on any atom is 0.573 e. The predicted molar refractivity (Wildman–Crippen MR) is 114 cm³/mol. The maximum absolute atomic E-state index is 12.8. The second kappa shape index (κ2) is 8.45. The molecule has 0 aromatic heterocycles. The molecule has 4 rings (SSSR count). The minimum absolute atomic E-state index is 0.0806. The van der Waals surface area contributed by atoms with Crippen LogP contribution in [0, 0.1) is 4.78 Å². The summed E-state index contributed by atoms with van der Waals surface area (Å²) in [7, 11) is -3.39. The van der Waals surface area contributed by atoms with Crippen LogP contribution < -0.4 is 14.4 Å². The van der Waals surface area contributed by atoms with E-state index in [2.05, 4.69) is 14.4 Å². The summed E-state index contributed by atoms with van der Waals surface area (Å²) in [6, 6.07) is 20.4. The molecule has 1 aliphatic rings. The first-order valence-corrected chi connectivity index (χ1v) is 11.6. The van der Waals surface area contributed by atoms with Gasteiger partial charge in [-0.3, -0.25) is 0 Å². The number of rotatable bonds is 6. The standard InChI is InChI=1S/C21H18F3N3O2S2/c22-21(23,24)29-15-9-11-16(12-10-15)31(25,28)26-13-14-27-17-5-1-3-7-19(17)30-20-8-4-2-6-18(20)27/h1-12H,13-14H2,(H2,25,26,28). The molecule has 0 saturated heterocycles. The number of benzene rings is 3. The van der Waals surface area contributed by atoms with Crippen LogP contribution in [0.15, 0.2) is 87.5 Å². The van der Waals surface area contributed by atoms with Crippen molar-refractivity contribution in [2.75, 3.05) is 18.0 Å². The van der Waals surface area contributed by atoms with Crippen LogP contribution in [-0.2, 0) is 9.92 Å². The number of fused-ring (bicyclic) bond motifs is 2. The van der Waals surface area contributed by atoms with Gasteiger partial charge in [-0.2, -0.15) is 0 Å². The fraction of sp³-hybridized carbons (Fsp3) is 0.143. The highest BCUT2D eigenvalue weighted by molar-refractivity contribution is 7.99. The van der Waals surface area contributed by atoms with E-state index in [1.54, 1.807) is 11.8 Å². The fourth-order valence-corrected chi connectivity index (χ4v) is 5.40. The van der Waals surface area contributed by atoms with Crippen LogP contribution in [0.4, 0.5) is 24.5 Å². The van der Waals surface area contributed by atoms with Crippen molar-refractivity contribution in [1.29, 1.82) is 4.78 Å². The van der Waals surface area contributed by atoms with Gasteiger partial charge in [-0.15, -0.1) is 13.2 Å². The molecule has 1 heterocycles. The Balaban J connectivity index is 1.47. The molecule has 2 N–H and O–H groups in total. The second-order valence-corrected chi connectivity index (χ2v) is 9.62. The van der Waals surface area contributed by atoms with E-state index in [9.17, 15) is 17.4 Å². The highest BCUT2D eigenvalue weighted by Crippen LogP contribution is 2.47. The largest absolute Gasteiger partial charge is 0.573 e. The molecule has 1 unspecified atom stereocenters. The molecule has 1 aliphatic heterocycles. The lowest BCUT2D eigenvalue weighted by Crippen LogP contribution is -2.33. The van der Waals surface area contributed by atoms with Crippen molar-refractivity contribution in [3.8, 4) is 5.75 Å². The van der Waals surface area contributed by atoms with Gasteiger partial charge in [0.05, 0.1) is 16.3 Å². The Morgan fingerprint density at radius 3 is 2.03 bits per heavy atom. The van der Waals surface area contributed by atoms with E-state index in [0.717, 1.165) is 33.3 Å². The van der Waals surface area contributed by atoms with Gasteiger partial charge in [-0.05, 0) is 48.5 Å². The van der Waals surface area contributed by atoms with Crippen molar-refractivity contribution in [3.63, 3.8) is 0 Å². The van der Waals surface area contributed by atoms with Gasteiger partial charge in [0, 0.05) is 22.9 Å². The van der Waals surface area contributed by atoms with Crippen LogP contribution in [0.25, 0.3) is 0 Å². The predicted octanol–water partition coefficient (Wildman–Crippen LogP) is 5.80. The summed E-state index contributed by atoms with van der Waals surface area (Å²) >= 11 is 1.68. The number of alkyl halides is 3. The first-order valence-electron chi connectivity index (χ1n) is 9.26. The van der Waals surface area contributed by atoms with Gasteiger partial charge < -0.3 is 9.64 Å². The summed E-state index contributed by atoms with van der Waals surface area (Å²) in [6.07, 6.45) is -4.80. The third-order valence-electron chi connectivity index (χ3n) is 4.56. The number of hydrogen-bond acceptors (Lipinski definition) is 5. The molecule has 3 aromatic rings. The van der Waals surface area contributed by atoms with E-state index in [4.69, 9.17) is 4.78 Å². The van der Waals surface area contributed by atoms with E-state index in [-0.39, 0.29) is 11.4 Å². The van der Waals surface area contributed by atoms with E-state index in [1.165, 1.54) is 12.1 Å². The Labute approximate surface area is 182 Å². The number of nitrogens with zero attached hydrogens (tertiary/aromatic N) is 1. The van der Waals surface area contributed by atoms with Crippen molar-refractivity contribution in [2.24, 2.45) is 0 Å². The van der Waals surface area contributed by atoms with Gasteiger partial charge in [0.25, 0.3) is 0 Å². The molecule has 31 heavy (non-hydrogen) atoms. The minimum atomic E-state index is -4.80. The van der Waals surface area contributed by atoms with E-state index < -0.39 is 22.0 Å². The molecule has 0 bridgehead atoms. The summed E-state index contributed by atoms with van der Waals surface area (Å²) in [4.78, 5) is 4.39. The number of nitrogens with one attached hydrogen (secondary N) is 2. The molecular weight excluding hydrogens is 447 g/mol. The van der Waals surface area contributed by atoms with Gasteiger partial charge >= 0.3 is 6.36 Å². The van der Waals surface area contributed by atoms with Gasteiger partial charge in [0.2, 0.25) is 0 Å². The lowest BCUT2D eigenvalue weighted by molar-refractivity contribution is -0.274. The fourth-order valence-electron chi connectivity index (χ4n) is 3.24. The van der Waals surface area contributed by atoms with Crippen LogP contribution in [0.1, 0.15) is 0 Å². The van der Waals surface area contributed by atoms with Crippen molar-refractivity contribution < 1.29 is 22.1 Å². The van der Waals surface area contributed by atoms with E-state index in [0.29, 0.717) is 6.54 Å². The molecule has 10 heteroatoms. The summed E-state index contributed by atoms with van der Waals surface area (Å²) < 4.78 is 64.4. The lowest BCUT2D eigenvalue weighted by Gasteiger charge is -2.32. The van der Waals surface area contributed by atoms with Crippen molar-refractivity contribution >= 4 is 33.1 Å². The van der Waals surface area contributed by atoms with E-state index >= 15 is 0 Å². The molecular formula is C21H18F3N3O2S2. The monoisotopic (exact) mass is 465 g/mol. The number of para-hydroxylation sites is 2. The first-order chi connectivity index (χ1) is 14.7. The summed E-state index contributed by atoms with van der Waals surface area (Å²) in [5, 5.41) is 0. The number of halogens is 3. The maximum atomic E-state index is 12.8. The molecule has 3 aromatic carbocycles. The molecule has 0 radical (unpaired) electrons. The Hall–Kier alpha value is -2.69. The molecule has 0 fully saturated rings. The topological polar surface area (TPSA) is 65.4 Å². The van der Waals surface area contributed by atoms with Crippen LogP contribution in [0.2, 0.25) is 0 Å². The molecule has 1 atom stereocenters. The summed E-state index contributed by atoms with van der Waals surface area (Å²) in [5.41, 5.74) is 2.05. The van der Waals surface area contributed by atoms with Crippen LogP contribution in [0.3, 0.4) is 0 Å². The van der Waals surface area contributed by atoms with Gasteiger partial charge in [-0.25, -0.2) is 13.7 Å². The molecule has 0 saturated carbocycles. The third-order valence-corrected chi connectivity index (χ3v) is 7.24. The van der Waals surface area contributed by atoms with Crippen LogP contribution in [-0.4, -0.2) is 23.7 Å². The Morgan fingerprint density at radius 2 is 1.48 bits per heavy atom. The van der Waals surface area contributed by atoms with Crippen LogP contribution in [0.5, 0.6) is 5.75 Å².